The number of benzene rings is 1. The number of piperidine rings is 1. The van der Waals surface area contributed by atoms with E-state index in [9.17, 15) is 26.4 Å². The first-order chi connectivity index (χ1) is 14.1. The van der Waals surface area contributed by atoms with Gasteiger partial charge in [0.15, 0.2) is 0 Å². The molecule has 6 nitrogen and oxygen atoms in total. The topological polar surface area (TPSA) is 79.4 Å². The monoisotopic (exact) mass is 461 g/mol. The highest BCUT2D eigenvalue weighted by atomic mass is 35.5. The fraction of sp³-hybridized carbons (Fsp3) is 0.368. The quantitative estimate of drug-likeness (QED) is 0.691. The third kappa shape index (κ3) is 5.30. The van der Waals surface area contributed by atoms with E-state index >= 15 is 0 Å². The Hall–Kier alpha value is -2.17. The maximum Gasteiger partial charge on any atom is 0.416 e. The van der Waals surface area contributed by atoms with E-state index in [-0.39, 0.29) is 44.3 Å². The highest BCUT2D eigenvalue weighted by molar-refractivity contribution is 7.89. The molecule has 0 atom stereocenters. The fourth-order valence-electron chi connectivity index (χ4n) is 3.18. The van der Waals surface area contributed by atoms with Gasteiger partial charge in [0.2, 0.25) is 15.9 Å². The summed E-state index contributed by atoms with van der Waals surface area (Å²) in [5.41, 5.74) is -0.244. The lowest BCUT2D eigenvalue weighted by molar-refractivity contribution is -0.137. The molecule has 2 aromatic rings. The van der Waals surface area contributed by atoms with E-state index in [1.54, 1.807) is 18.3 Å². The minimum Gasteiger partial charge on any atom is -0.352 e. The first kappa shape index (κ1) is 22.5. The molecule has 30 heavy (non-hydrogen) atoms. The largest absolute Gasteiger partial charge is 0.416 e. The Morgan fingerprint density at radius 2 is 1.90 bits per heavy atom. The number of alkyl halides is 3. The van der Waals surface area contributed by atoms with Crippen LogP contribution in [-0.4, -0.2) is 36.7 Å². The van der Waals surface area contributed by atoms with Crippen LogP contribution < -0.4 is 5.32 Å². The Kier molecular flexibility index (Phi) is 6.68. The van der Waals surface area contributed by atoms with E-state index in [0.29, 0.717) is 11.2 Å². The van der Waals surface area contributed by atoms with Crippen LogP contribution in [-0.2, 0) is 27.5 Å². The van der Waals surface area contributed by atoms with Crippen LogP contribution in [0.3, 0.4) is 0 Å². The molecule has 162 valence electrons. The number of nitrogens with zero attached hydrogens (tertiary/aromatic N) is 2. The predicted octanol–water partition coefficient (Wildman–Crippen LogP) is 3.47. The number of aromatic nitrogens is 1. The van der Waals surface area contributed by atoms with Crippen LogP contribution in [0.25, 0.3) is 0 Å². The van der Waals surface area contributed by atoms with Crippen LogP contribution in [0.2, 0.25) is 5.15 Å². The molecule has 11 heteroatoms. The summed E-state index contributed by atoms with van der Waals surface area (Å²) in [7, 11) is -4.07. The van der Waals surface area contributed by atoms with Gasteiger partial charge in [0, 0.05) is 31.7 Å². The molecule has 1 aromatic heterocycles. The minimum absolute atomic E-state index is 0.0547. The van der Waals surface area contributed by atoms with Crippen LogP contribution in [0, 0.1) is 5.92 Å². The minimum atomic E-state index is -4.63. The smallest absolute Gasteiger partial charge is 0.352 e. The lowest BCUT2D eigenvalue weighted by atomic mass is 9.97. The van der Waals surface area contributed by atoms with Crippen molar-refractivity contribution in [1.82, 2.24) is 14.6 Å². The lowest BCUT2D eigenvalue weighted by Crippen LogP contribution is -2.42. The maximum atomic E-state index is 12.9. The molecular weight excluding hydrogens is 443 g/mol. The Labute approximate surface area is 177 Å². The number of hydrogen-bond donors (Lipinski definition) is 1. The second kappa shape index (κ2) is 8.91. The van der Waals surface area contributed by atoms with E-state index in [0.717, 1.165) is 28.1 Å². The van der Waals surface area contributed by atoms with Gasteiger partial charge in [-0.3, -0.25) is 4.79 Å². The molecule has 2 heterocycles. The number of carbonyl (C=O) groups is 1. The average Bonchev–Trinajstić information content (AvgIpc) is 2.72. The van der Waals surface area contributed by atoms with Crippen LogP contribution in [0.15, 0.2) is 47.5 Å². The zero-order chi connectivity index (χ0) is 21.9. The van der Waals surface area contributed by atoms with Gasteiger partial charge >= 0.3 is 6.18 Å². The van der Waals surface area contributed by atoms with Crippen LogP contribution in [0.4, 0.5) is 13.2 Å². The highest BCUT2D eigenvalue weighted by Crippen LogP contribution is 2.32. The Morgan fingerprint density at radius 3 is 2.50 bits per heavy atom. The second-order valence-corrected chi connectivity index (χ2v) is 9.24. The molecule has 0 unspecified atom stereocenters. The number of pyridine rings is 1. The molecule has 0 radical (unpaired) electrons. The first-order valence-electron chi connectivity index (χ1n) is 9.13. The number of hydrogen-bond acceptors (Lipinski definition) is 4. The lowest BCUT2D eigenvalue weighted by Gasteiger charge is -2.30. The van der Waals surface area contributed by atoms with Gasteiger partial charge in [-0.25, -0.2) is 13.4 Å². The summed E-state index contributed by atoms with van der Waals surface area (Å²) in [6.45, 7) is 0.379. The average molecular weight is 462 g/mol. The van der Waals surface area contributed by atoms with Gasteiger partial charge in [-0.2, -0.15) is 17.5 Å². The summed E-state index contributed by atoms with van der Waals surface area (Å²) in [5, 5.41) is 3.13. The van der Waals surface area contributed by atoms with Crippen molar-refractivity contribution < 1.29 is 26.4 Å². The van der Waals surface area contributed by atoms with Gasteiger partial charge in [0.25, 0.3) is 0 Å². The number of halogens is 4. The van der Waals surface area contributed by atoms with Crippen molar-refractivity contribution in [1.29, 1.82) is 0 Å². The molecule has 1 N–H and O–H groups in total. The van der Waals surface area contributed by atoms with Gasteiger partial charge in [0.1, 0.15) is 5.15 Å². The van der Waals surface area contributed by atoms with Crippen molar-refractivity contribution in [3.8, 4) is 0 Å². The zero-order valence-electron chi connectivity index (χ0n) is 15.7. The summed E-state index contributed by atoms with van der Waals surface area (Å²) in [4.78, 5) is 15.9. The number of amides is 1. The van der Waals surface area contributed by atoms with Gasteiger partial charge in [-0.05, 0) is 42.7 Å². The Morgan fingerprint density at radius 1 is 1.20 bits per heavy atom. The molecule has 1 aliphatic rings. The predicted molar refractivity (Wildman–Crippen MR) is 104 cm³/mol. The third-order valence-corrected chi connectivity index (χ3v) is 7.00. The molecule has 1 aromatic carbocycles. The van der Waals surface area contributed by atoms with Gasteiger partial charge in [-0.15, -0.1) is 0 Å². The first-order valence-corrected chi connectivity index (χ1v) is 10.9. The fourth-order valence-corrected chi connectivity index (χ4v) is 4.81. The molecule has 1 aliphatic heterocycles. The summed E-state index contributed by atoms with van der Waals surface area (Å²) < 4.78 is 65.2. The van der Waals surface area contributed by atoms with Crippen molar-refractivity contribution in [2.24, 2.45) is 5.92 Å². The second-order valence-electron chi connectivity index (χ2n) is 6.91. The third-order valence-electron chi connectivity index (χ3n) is 4.88. The van der Waals surface area contributed by atoms with Crippen molar-refractivity contribution in [3.63, 3.8) is 0 Å². The molecule has 1 saturated heterocycles. The maximum absolute atomic E-state index is 12.9. The van der Waals surface area contributed by atoms with Crippen molar-refractivity contribution in [3.05, 3.63) is 58.9 Å². The van der Waals surface area contributed by atoms with Gasteiger partial charge in [0.05, 0.1) is 10.5 Å². The summed E-state index contributed by atoms with van der Waals surface area (Å²) >= 11 is 5.71. The van der Waals surface area contributed by atoms with E-state index in [1.807, 2.05) is 0 Å². The Balaban J connectivity index is 1.59. The van der Waals surface area contributed by atoms with E-state index in [4.69, 9.17) is 11.6 Å². The molecular formula is C19H19ClF3N3O3S. The molecule has 0 spiro atoms. The molecule has 3 rings (SSSR count). The highest BCUT2D eigenvalue weighted by Gasteiger charge is 2.35. The van der Waals surface area contributed by atoms with Crippen molar-refractivity contribution in [2.45, 2.75) is 30.5 Å². The summed E-state index contributed by atoms with van der Waals surface area (Å²) in [6.07, 6.45) is -2.52. The summed E-state index contributed by atoms with van der Waals surface area (Å²) in [5.74, 6) is -0.584. The van der Waals surface area contributed by atoms with Gasteiger partial charge < -0.3 is 5.32 Å². The van der Waals surface area contributed by atoms with Gasteiger partial charge in [-0.1, -0.05) is 23.7 Å². The van der Waals surface area contributed by atoms with Crippen LogP contribution in [0.1, 0.15) is 24.0 Å². The van der Waals surface area contributed by atoms with Crippen LogP contribution >= 0.6 is 11.6 Å². The molecule has 0 aliphatic carbocycles. The summed E-state index contributed by atoms with van der Waals surface area (Å²) in [6, 6.07) is 7.02. The molecule has 1 amide bonds. The Bertz CT molecular complexity index is 1010. The van der Waals surface area contributed by atoms with E-state index in [1.165, 1.54) is 0 Å². The van der Waals surface area contributed by atoms with E-state index in [2.05, 4.69) is 10.3 Å². The molecule has 1 fully saturated rings. The van der Waals surface area contributed by atoms with Crippen molar-refractivity contribution in [2.75, 3.05) is 13.1 Å². The zero-order valence-corrected chi connectivity index (χ0v) is 17.3. The normalized spacial score (nSPS) is 16.4. The number of rotatable bonds is 5. The number of carbonyl (C=O) groups excluding carboxylic acids is 1. The SMILES string of the molecule is O=C(NCc1ccc(Cl)nc1)C1CCN(S(=O)(=O)c2cccc(C(F)(F)F)c2)CC1. The molecule has 0 bridgehead atoms. The van der Waals surface area contributed by atoms with E-state index < -0.39 is 26.7 Å². The van der Waals surface area contributed by atoms with Crippen LogP contribution in [0.5, 0.6) is 0 Å². The standard InChI is InChI=1S/C19H19ClF3N3O3S/c20-17-5-4-13(11-24-17)12-25-18(27)14-6-8-26(9-7-14)30(28,29)16-3-1-2-15(10-16)19(21,22)23/h1-5,10-11,14H,6-9,12H2,(H,25,27). The number of sulfonamides is 1. The molecule has 0 saturated carbocycles. The van der Waals surface area contributed by atoms with Crippen molar-refractivity contribution >= 4 is 27.5 Å². The number of nitrogens with one attached hydrogen (secondary N) is 1.